The Kier molecular flexibility index (Phi) is 6.63. The van der Waals surface area contributed by atoms with Gasteiger partial charge >= 0.3 is 6.09 Å². The standard InChI is InChI=1S/C27H21BrClNO3S/c28-24-15-34(26(25(24)29)18-8-2-1-7-17(18)13-31)16-30-27(32)33-14-23-21-11-5-3-9-19(21)20-10-4-6-12-22(20)23/h1-13,15,23,34H,14,16H2,(H,30,32). The van der Waals surface area contributed by atoms with E-state index in [0.29, 0.717) is 16.5 Å². The maximum Gasteiger partial charge on any atom is 0.407 e. The molecule has 0 saturated heterocycles. The number of rotatable bonds is 6. The highest BCUT2D eigenvalue weighted by atomic mass is 79.9. The van der Waals surface area contributed by atoms with Crippen LogP contribution in [0.3, 0.4) is 0 Å². The maximum absolute atomic E-state index is 12.6. The second-order valence-electron chi connectivity index (χ2n) is 7.97. The van der Waals surface area contributed by atoms with E-state index in [0.717, 1.165) is 21.2 Å². The van der Waals surface area contributed by atoms with E-state index in [9.17, 15) is 9.59 Å². The van der Waals surface area contributed by atoms with E-state index in [4.69, 9.17) is 16.3 Å². The Labute approximate surface area is 214 Å². The second-order valence-corrected chi connectivity index (χ2v) is 11.2. The van der Waals surface area contributed by atoms with Crippen LogP contribution in [0.15, 0.2) is 87.7 Å². The third-order valence-electron chi connectivity index (χ3n) is 6.05. The van der Waals surface area contributed by atoms with Gasteiger partial charge in [0.25, 0.3) is 0 Å². The third-order valence-corrected chi connectivity index (χ3v) is 9.89. The molecule has 0 bridgehead atoms. The van der Waals surface area contributed by atoms with E-state index in [1.807, 2.05) is 47.9 Å². The first-order valence-corrected chi connectivity index (χ1v) is 13.5. The van der Waals surface area contributed by atoms with Crippen molar-refractivity contribution in [1.82, 2.24) is 5.32 Å². The molecule has 0 spiro atoms. The number of benzene rings is 3. The summed E-state index contributed by atoms with van der Waals surface area (Å²) in [5.41, 5.74) is 6.08. The van der Waals surface area contributed by atoms with Crippen molar-refractivity contribution >= 4 is 55.7 Å². The molecular formula is C27H21BrClNO3S. The molecule has 2 aliphatic rings. The van der Waals surface area contributed by atoms with Crippen LogP contribution in [0.4, 0.5) is 4.79 Å². The van der Waals surface area contributed by atoms with Gasteiger partial charge in [-0.05, 0) is 49.2 Å². The van der Waals surface area contributed by atoms with Crippen LogP contribution in [0.25, 0.3) is 16.0 Å². The van der Waals surface area contributed by atoms with Gasteiger partial charge in [-0.2, -0.15) is 10.9 Å². The lowest BCUT2D eigenvalue weighted by molar-refractivity contribution is 0.112. The van der Waals surface area contributed by atoms with Crippen LogP contribution in [0.1, 0.15) is 33.0 Å². The number of thiol groups is 1. The normalized spacial score (nSPS) is 17.7. The molecule has 0 radical (unpaired) electrons. The summed E-state index contributed by atoms with van der Waals surface area (Å²) in [7, 11) is -0.955. The number of nitrogens with one attached hydrogen (secondary N) is 1. The number of halogens is 2. The summed E-state index contributed by atoms with van der Waals surface area (Å²) >= 11 is 10.1. The molecule has 0 aromatic heterocycles. The first-order valence-electron chi connectivity index (χ1n) is 10.8. The number of hydrogen-bond donors (Lipinski definition) is 2. The van der Waals surface area contributed by atoms with Crippen molar-refractivity contribution in [2.45, 2.75) is 5.92 Å². The average molecular weight is 555 g/mol. The maximum atomic E-state index is 12.6. The number of allylic oxidation sites excluding steroid dienone is 2. The third kappa shape index (κ3) is 4.22. The van der Waals surface area contributed by atoms with Crippen LogP contribution in [0.5, 0.6) is 0 Å². The molecule has 1 aliphatic carbocycles. The van der Waals surface area contributed by atoms with Gasteiger partial charge in [-0.1, -0.05) is 84.4 Å². The summed E-state index contributed by atoms with van der Waals surface area (Å²) in [6, 6.07) is 23.8. The molecule has 7 heteroatoms. The first kappa shape index (κ1) is 23.0. The lowest BCUT2D eigenvalue weighted by Gasteiger charge is -2.21. The molecule has 3 aromatic carbocycles. The van der Waals surface area contributed by atoms with Crippen LogP contribution >= 0.6 is 38.4 Å². The van der Waals surface area contributed by atoms with Gasteiger partial charge < -0.3 is 10.1 Å². The quantitative estimate of drug-likeness (QED) is 0.251. The van der Waals surface area contributed by atoms with E-state index < -0.39 is 17.0 Å². The smallest absolute Gasteiger partial charge is 0.407 e. The largest absolute Gasteiger partial charge is 0.449 e. The molecule has 1 aliphatic heterocycles. The molecule has 4 nitrogen and oxygen atoms in total. The van der Waals surface area contributed by atoms with Gasteiger partial charge in [-0.15, -0.1) is 0 Å². The highest BCUT2D eigenvalue weighted by Gasteiger charge is 2.29. The first-order chi connectivity index (χ1) is 16.6. The van der Waals surface area contributed by atoms with Crippen molar-refractivity contribution in [1.29, 1.82) is 0 Å². The summed E-state index contributed by atoms with van der Waals surface area (Å²) in [5.74, 6) is 0.369. The minimum absolute atomic E-state index is 0.00811. The van der Waals surface area contributed by atoms with E-state index in [1.54, 1.807) is 6.07 Å². The highest BCUT2D eigenvalue weighted by Crippen LogP contribution is 2.55. The molecule has 5 rings (SSSR count). The Hall–Kier alpha value is -2.80. The van der Waals surface area contributed by atoms with E-state index in [2.05, 4.69) is 45.5 Å². The van der Waals surface area contributed by atoms with Gasteiger partial charge in [0.2, 0.25) is 0 Å². The number of ether oxygens (including phenoxy) is 1. The fourth-order valence-corrected chi connectivity index (χ4v) is 8.13. The molecule has 1 N–H and O–H groups in total. The Balaban J connectivity index is 1.27. The van der Waals surface area contributed by atoms with Gasteiger partial charge in [0.1, 0.15) is 6.61 Å². The molecule has 0 fully saturated rings. The Bertz CT molecular complexity index is 1310. The van der Waals surface area contributed by atoms with Crippen LogP contribution in [-0.4, -0.2) is 24.9 Å². The summed E-state index contributed by atoms with van der Waals surface area (Å²) in [4.78, 5) is 25.1. The van der Waals surface area contributed by atoms with Crippen LogP contribution in [0, 0.1) is 0 Å². The number of carbonyl (C=O) groups excluding carboxylic acids is 2. The number of fused-ring (bicyclic) bond motifs is 3. The SMILES string of the molecule is O=Cc1ccccc1C1=C(Cl)C(Br)=C[SH]1CNC(=O)OCC1c2ccccc2-c2ccccc21. The number of alkyl carbamates (subject to hydrolysis) is 1. The molecule has 34 heavy (non-hydrogen) atoms. The van der Waals surface area contributed by atoms with E-state index in [-0.39, 0.29) is 12.5 Å². The summed E-state index contributed by atoms with van der Waals surface area (Å²) < 4.78 is 6.43. The number of hydrogen-bond acceptors (Lipinski definition) is 3. The van der Waals surface area contributed by atoms with Crippen molar-refractivity contribution in [3.63, 3.8) is 0 Å². The molecular weight excluding hydrogens is 534 g/mol. The Morgan fingerprint density at radius 2 is 1.56 bits per heavy atom. The summed E-state index contributed by atoms with van der Waals surface area (Å²) in [6.07, 6.45) is 0.352. The van der Waals surface area contributed by atoms with Gasteiger partial charge in [0.15, 0.2) is 6.29 Å². The number of amides is 1. The zero-order valence-corrected chi connectivity index (χ0v) is 21.2. The van der Waals surface area contributed by atoms with Crippen LogP contribution in [-0.2, 0) is 4.74 Å². The fourth-order valence-electron chi connectivity index (χ4n) is 4.51. The van der Waals surface area contributed by atoms with Gasteiger partial charge in [0.05, 0.1) is 10.9 Å². The molecule has 1 atom stereocenters. The zero-order chi connectivity index (χ0) is 23.7. The molecule has 0 saturated carbocycles. The van der Waals surface area contributed by atoms with Crippen LogP contribution < -0.4 is 5.32 Å². The predicted molar refractivity (Wildman–Crippen MR) is 144 cm³/mol. The molecule has 172 valence electrons. The summed E-state index contributed by atoms with van der Waals surface area (Å²) in [6.45, 7) is 0.259. The molecule has 3 aromatic rings. The van der Waals surface area contributed by atoms with Crippen LogP contribution in [0.2, 0.25) is 0 Å². The lowest BCUT2D eigenvalue weighted by atomic mass is 9.98. The van der Waals surface area contributed by atoms with Crippen molar-refractivity contribution in [3.8, 4) is 11.1 Å². The van der Waals surface area contributed by atoms with Crippen molar-refractivity contribution in [3.05, 3.63) is 110 Å². The van der Waals surface area contributed by atoms with Gasteiger partial charge in [-0.25, -0.2) is 4.79 Å². The fraction of sp³-hybridized carbons (Fsp3) is 0.111. The molecule has 1 unspecified atom stereocenters. The molecule has 1 heterocycles. The highest BCUT2D eigenvalue weighted by molar-refractivity contribution is 9.12. The van der Waals surface area contributed by atoms with Crippen molar-refractivity contribution in [2.75, 3.05) is 12.5 Å². The molecule has 1 amide bonds. The number of aldehydes is 1. The predicted octanol–water partition coefficient (Wildman–Crippen LogP) is 7.15. The monoisotopic (exact) mass is 553 g/mol. The lowest BCUT2D eigenvalue weighted by Crippen LogP contribution is -2.26. The van der Waals surface area contributed by atoms with Crippen molar-refractivity contribution < 1.29 is 14.3 Å². The zero-order valence-electron chi connectivity index (χ0n) is 18.0. The Morgan fingerprint density at radius 3 is 2.21 bits per heavy atom. The topological polar surface area (TPSA) is 55.4 Å². The Morgan fingerprint density at radius 1 is 0.971 bits per heavy atom. The van der Waals surface area contributed by atoms with Gasteiger partial charge in [-0.3, -0.25) is 4.79 Å². The van der Waals surface area contributed by atoms with Crippen molar-refractivity contribution in [2.24, 2.45) is 0 Å². The van der Waals surface area contributed by atoms with E-state index >= 15 is 0 Å². The minimum Gasteiger partial charge on any atom is -0.449 e. The van der Waals surface area contributed by atoms with E-state index in [1.165, 1.54) is 22.3 Å². The second kappa shape index (κ2) is 9.82. The average Bonchev–Trinajstić information content (AvgIpc) is 3.34. The summed E-state index contributed by atoms with van der Waals surface area (Å²) in [5, 5.41) is 5.46. The number of carbonyl (C=O) groups is 2. The minimum atomic E-state index is -0.955. The van der Waals surface area contributed by atoms with Gasteiger partial charge in [0, 0.05) is 20.9 Å².